The van der Waals surface area contributed by atoms with Crippen LogP contribution in [0.15, 0.2) is 88.8 Å². The van der Waals surface area contributed by atoms with Gasteiger partial charge in [-0.1, -0.05) is 66.7 Å². The molecule has 0 saturated carbocycles. The van der Waals surface area contributed by atoms with Gasteiger partial charge in [0.25, 0.3) is 5.91 Å². The van der Waals surface area contributed by atoms with Crippen LogP contribution in [0.4, 0.5) is 0 Å². The number of methoxy groups -OCH3 is 1. The number of amidine groups is 1. The Bertz CT molecular complexity index is 1160. The third kappa shape index (κ3) is 5.65. The normalized spacial score (nSPS) is 15.9. The van der Waals surface area contributed by atoms with Crippen molar-refractivity contribution in [2.24, 2.45) is 4.99 Å². The molecule has 3 aromatic carbocycles. The SMILES string of the molecule is CCOc1ccc(/C=C2\SC(=NCc3ccccc3)N(Cc3ccccc3)C2=O)cc1OC. The van der Waals surface area contributed by atoms with Gasteiger partial charge in [0.2, 0.25) is 0 Å². The Morgan fingerprint density at radius 2 is 1.64 bits per heavy atom. The number of amides is 1. The molecule has 1 aliphatic heterocycles. The molecule has 5 nitrogen and oxygen atoms in total. The van der Waals surface area contributed by atoms with Crippen molar-refractivity contribution in [3.63, 3.8) is 0 Å². The van der Waals surface area contributed by atoms with Crippen molar-refractivity contribution < 1.29 is 14.3 Å². The van der Waals surface area contributed by atoms with Crippen LogP contribution in [0.2, 0.25) is 0 Å². The Morgan fingerprint density at radius 3 is 2.30 bits per heavy atom. The van der Waals surface area contributed by atoms with Crippen LogP contribution in [0.1, 0.15) is 23.6 Å². The van der Waals surface area contributed by atoms with Crippen molar-refractivity contribution >= 4 is 28.9 Å². The summed E-state index contributed by atoms with van der Waals surface area (Å²) in [5, 5.41) is 0.705. The summed E-state index contributed by atoms with van der Waals surface area (Å²) in [6, 6.07) is 25.7. The number of benzene rings is 3. The van der Waals surface area contributed by atoms with E-state index in [1.165, 1.54) is 11.8 Å². The van der Waals surface area contributed by atoms with Gasteiger partial charge in [-0.15, -0.1) is 0 Å². The first kappa shape index (κ1) is 22.7. The molecule has 168 valence electrons. The van der Waals surface area contributed by atoms with E-state index in [4.69, 9.17) is 14.5 Å². The van der Waals surface area contributed by atoms with Crippen molar-refractivity contribution in [3.05, 3.63) is 100 Å². The number of aliphatic imine (C=N–C) groups is 1. The average molecular weight is 459 g/mol. The van der Waals surface area contributed by atoms with Gasteiger partial charge in [0.15, 0.2) is 16.7 Å². The van der Waals surface area contributed by atoms with Crippen LogP contribution in [0.25, 0.3) is 6.08 Å². The van der Waals surface area contributed by atoms with Crippen molar-refractivity contribution in [3.8, 4) is 11.5 Å². The summed E-state index contributed by atoms with van der Waals surface area (Å²) < 4.78 is 11.1. The molecule has 1 saturated heterocycles. The van der Waals surface area contributed by atoms with Gasteiger partial charge in [0.05, 0.1) is 31.7 Å². The monoisotopic (exact) mass is 458 g/mol. The smallest absolute Gasteiger partial charge is 0.267 e. The molecular weight excluding hydrogens is 432 g/mol. The molecular formula is C27H26N2O3S. The van der Waals surface area contributed by atoms with Crippen molar-refractivity contribution in [1.82, 2.24) is 4.90 Å². The predicted octanol–water partition coefficient (Wildman–Crippen LogP) is 5.77. The summed E-state index contributed by atoms with van der Waals surface area (Å²) in [6.45, 7) is 3.48. The Morgan fingerprint density at radius 1 is 0.939 bits per heavy atom. The number of hydrogen-bond donors (Lipinski definition) is 0. The molecule has 0 aliphatic carbocycles. The zero-order valence-electron chi connectivity index (χ0n) is 18.7. The molecule has 3 aromatic rings. The number of ether oxygens (including phenoxy) is 2. The summed E-state index contributed by atoms with van der Waals surface area (Å²) in [5.74, 6) is 1.27. The lowest BCUT2D eigenvalue weighted by Crippen LogP contribution is -2.28. The Labute approximate surface area is 198 Å². The summed E-state index contributed by atoms with van der Waals surface area (Å²) in [7, 11) is 1.61. The first-order valence-corrected chi connectivity index (χ1v) is 11.6. The molecule has 1 fully saturated rings. The highest BCUT2D eigenvalue weighted by Crippen LogP contribution is 2.35. The quantitative estimate of drug-likeness (QED) is 0.402. The molecule has 6 heteroatoms. The maximum atomic E-state index is 13.4. The van der Waals surface area contributed by atoms with Crippen molar-refractivity contribution in [2.75, 3.05) is 13.7 Å². The Kier molecular flexibility index (Phi) is 7.47. The minimum atomic E-state index is -0.0523. The van der Waals surface area contributed by atoms with E-state index in [2.05, 4.69) is 0 Å². The molecule has 0 bridgehead atoms. The zero-order valence-corrected chi connectivity index (χ0v) is 19.5. The largest absolute Gasteiger partial charge is 0.493 e. The van der Waals surface area contributed by atoms with E-state index in [0.717, 1.165) is 16.7 Å². The van der Waals surface area contributed by atoms with E-state index in [1.807, 2.05) is 91.9 Å². The van der Waals surface area contributed by atoms with Gasteiger partial charge in [-0.05, 0) is 53.6 Å². The van der Waals surface area contributed by atoms with Gasteiger partial charge >= 0.3 is 0 Å². The Hall–Kier alpha value is -3.51. The van der Waals surface area contributed by atoms with Crippen LogP contribution in [0.5, 0.6) is 11.5 Å². The topological polar surface area (TPSA) is 51.1 Å². The van der Waals surface area contributed by atoms with E-state index in [-0.39, 0.29) is 5.91 Å². The van der Waals surface area contributed by atoms with Gasteiger partial charge < -0.3 is 9.47 Å². The maximum absolute atomic E-state index is 13.4. The van der Waals surface area contributed by atoms with E-state index in [0.29, 0.717) is 41.3 Å². The molecule has 33 heavy (non-hydrogen) atoms. The predicted molar refractivity (Wildman–Crippen MR) is 134 cm³/mol. The fourth-order valence-corrected chi connectivity index (χ4v) is 4.45. The molecule has 0 aromatic heterocycles. The average Bonchev–Trinajstić information content (AvgIpc) is 3.14. The first-order valence-electron chi connectivity index (χ1n) is 10.8. The van der Waals surface area contributed by atoms with E-state index in [9.17, 15) is 4.79 Å². The van der Waals surface area contributed by atoms with Crippen LogP contribution in [-0.2, 0) is 17.9 Å². The molecule has 0 spiro atoms. The Balaban J connectivity index is 1.63. The second-order valence-electron chi connectivity index (χ2n) is 7.42. The van der Waals surface area contributed by atoms with Crippen molar-refractivity contribution in [1.29, 1.82) is 0 Å². The number of carbonyl (C=O) groups excluding carboxylic acids is 1. The third-order valence-electron chi connectivity index (χ3n) is 5.10. The van der Waals surface area contributed by atoms with E-state index < -0.39 is 0 Å². The summed E-state index contributed by atoms with van der Waals surface area (Å²) >= 11 is 1.40. The highest BCUT2D eigenvalue weighted by Gasteiger charge is 2.33. The lowest BCUT2D eigenvalue weighted by molar-refractivity contribution is -0.122. The molecule has 4 rings (SSSR count). The van der Waals surface area contributed by atoms with Crippen LogP contribution in [0.3, 0.4) is 0 Å². The fraction of sp³-hybridized carbons (Fsp3) is 0.185. The summed E-state index contributed by atoms with van der Waals surface area (Å²) in [6.07, 6.45) is 1.88. The van der Waals surface area contributed by atoms with Crippen molar-refractivity contribution in [2.45, 2.75) is 20.0 Å². The third-order valence-corrected chi connectivity index (χ3v) is 6.14. The number of thioether (sulfide) groups is 1. The lowest BCUT2D eigenvalue weighted by atomic mass is 10.1. The van der Waals surface area contributed by atoms with E-state index in [1.54, 1.807) is 12.0 Å². The molecule has 1 heterocycles. The van der Waals surface area contributed by atoms with E-state index >= 15 is 0 Å². The summed E-state index contributed by atoms with van der Waals surface area (Å²) in [4.78, 5) is 20.5. The van der Waals surface area contributed by atoms with Gasteiger partial charge in [-0.25, -0.2) is 0 Å². The molecule has 0 N–H and O–H groups in total. The van der Waals surface area contributed by atoms with Gasteiger partial charge in [-0.3, -0.25) is 14.7 Å². The van der Waals surface area contributed by atoms with Crippen LogP contribution in [-0.4, -0.2) is 29.7 Å². The lowest BCUT2D eigenvalue weighted by Gasteiger charge is -2.15. The van der Waals surface area contributed by atoms with Gasteiger partial charge in [0, 0.05) is 0 Å². The molecule has 0 unspecified atom stereocenters. The highest BCUT2D eigenvalue weighted by atomic mass is 32.2. The molecule has 1 amide bonds. The fourth-order valence-electron chi connectivity index (χ4n) is 3.47. The second-order valence-corrected chi connectivity index (χ2v) is 8.42. The minimum Gasteiger partial charge on any atom is -0.493 e. The maximum Gasteiger partial charge on any atom is 0.267 e. The minimum absolute atomic E-state index is 0.0523. The van der Waals surface area contributed by atoms with Crippen LogP contribution < -0.4 is 9.47 Å². The van der Waals surface area contributed by atoms with Crippen LogP contribution >= 0.6 is 11.8 Å². The molecule has 0 radical (unpaired) electrons. The molecule has 0 atom stereocenters. The van der Waals surface area contributed by atoms with Crippen LogP contribution in [0, 0.1) is 0 Å². The molecule has 1 aliphatic rings. The first-order chi connectivity index (χ1) is 16.2. The number of carbonyl (C=O) groups is 1. The van der Waals surface area contributed by atoms with Gasteiger partial charge in [0.1, 0.15) is 0 Å². The number of rotatable bonds is 8. The number of nitrogens with zero attached hydrogens (tertiary/aromatic N) is 2. The zero-order chi connectivity index (χ0) is 23.0. The highest BCUT2D eigenvalue weighted by molar-refractivity contribution is 8.18. The standard InChI is InChI=1S/C27H26N2O3S/c1-3-32-23-15-14-22(16-24(23)31-2)17-25-26(30)29(19-21-12-8-5-9-13-21)27(33-25)28-18-20-10-6-4-7-11-20/h4-17H,3,18-19H2,1-2H3/b25-17-,28-27?. The van der Waals surface area contributed by atoms with Gasteiger partial charge in [-0.2, -0.15) is 0 Å². The summed E-state index contributed by atoms with van der Waals surface area (Å²) in [5.41, 5.74) is 3.03. The number of hydrogen-bond acceptors (Lipinski definition) is 5. The second kappa shape index (κ2) is 10.9.